The summed E-state index contributed by atoms with van der Waals surface area (Å²) >= 11 is 0. The van der Waals surface area contributed by atoms with Crippen LogP contribution in [0.1, 0.15) is 34.4 Å². The van der Waals surface area contributed by atoms with Crippen molar-refractivity contribution in [2.75, 3.05) is 5.73 Å². The lowest BCUT2D eigenvalue weighted by atomic mass is 10.1. The number of nitrogens with zero attached hydrogens (tertiary/aromatic N) is 4. The number of benzene rings is 3. The molecule has 0 radical (unpaired) electrons. The first-order chi connectivity index (χ1) is 18.3. The largest absolute Gasteiger partial charge is 0.383 e. The molecule has 38 heavy (non-hydrogen) atoms. The zero-order valence-corrected chi connectivity index (χ0v) is 21.5. The number of nitrogens with one attached hydrogen (secondary N) is 1. The van der Waals surface area contributed by atoms with E-state index in [2.05, 4.69) is 15.1 Å². The Labute approximate surface area is 218 Å². The number of H-pyrrole nitrogens is 1. The fraction of sp³-hybridized carbons (Fsp3) is 0.107. The number of carbonyl (C=O) groups is 1. The van der Waals surface area contributed by atoms with Crippen LogP contribution in [0.25, 0.3) is 27.6 Å². The number of aryl methyl sites for hydroxylation is 2. The van der Waals surface area contributed by atoms with Gasteiger partial charge in [-0.15, -0.1) is 0 Å². The second kappa shape index (κ2) is 8.70. The Bertz CT molecular complexity index is 1960. The molecule has 0 aliphatic carbocycles. The number of para-hydroxylation sites is 1. The van der Waals surface area contributed by atoms with Gasteiger partial charge in [0.1, 0.15) is 17.3 Å². The minimum Gasteiger partial charge on any atom is -0.383 e. The van der Waals surface area contributed by atoms with Gasteiger partial charge in [-0.2, -0.15) is 5.10 Å². The van der Waals surface area contributed by atoms with E-state index in [9.17, 15) is 13.2 Å². The summed E-state index contributed by atoms with van der Waals surface area (Å²) in [5, 5.41) is 4.97. The molecule has 0 saturated carbocycles. The van der Waals surface area contributed by atoms with E-state index < -0.39 is 15.8 Å². The highest BCUT2D eigenvalue weighted by Crippen LogP contribution is 2.29. The van der Waals surface area contributed by atoms with Crippen LogP contribution in [0.15, 0.2) is 83.9 Å². The molecule has 0 unspecified atom stereocenters. The quantitative estimate of drug-likeness (QED) is 0.306. The van der Waals surface area contributed by atoms with Gasteiger partial charge in [0, 0.05) is 11.8 Å². The van der Waals surface area contributed by atoms with Crippen molar-refractivity contribution < 1.29 is 13.2 Å². The summed E-state index contributed by atoms with van der Waals surface area (Å²) < 4.78 is 30.1. The summed E-state index contributed by atoms with van der Waals surface area (Å²) in [6.07, 6.45) is 2.14. The molecule has 9 nitrogen and oxygen atoms in total. The molecule has 0 amide bonds. The topological polar surface area (TPSA) is 129 Å². The van der Waals surface area contributed by atoms with Gasteiger partial charge in [0.15, 0.2) is 0 Å². The predicted molar refractivity (Wildman–Crippen MR) is 146 cm³/mol. The van der Waals surface area contributed by atoms with Crippen LogP contribution in [-0.4, -0.2) is 37.9 Å². The van der Waals surface area contributed by atoms with Crippen molar-refractivity contribution in [1.82, 2.24) is 23.7 Å². The minimum atomic E-state index is -4.09. The minimum absolute atomic E-state index is 0.0200. The van der Waals surface area contributed by atoms with Crippen molar-refractivity contribution >= 4 is 43.6 Å². The number of rotatable bonds is 6. The zero-order chi connectivity index (χ0) is 26.6. The zero-order valence-electron chi connectivity index (χ0n) is 20.7. The van der Waals surface area contributed by atoms with E-state index in [0.717, 1.165) is 32.8 Å². The number of anilines is 1. The summed E-state index contributed by atoms with van der Waals surface area (Å²) in [4.78, 5) is 21.7. The van der Waals surface area contributed by atoms with Crippen LogP contribution in [0.2, 0.25) is 0 Å². The van der Waals surface area contributed by atoms with Gasteiger partial charge in [0.2, 0.25) is 5.78 Å². The van der Waals surface area contributed by atoms with Crippen molar-refractivity contribution in [3.8, 4) is 5.69 Å². The van der Waals surface area contributed by atoms with Gasteiger partial charge in [0.25, 0.3) is 10.0 Å². The van der Waals surface area contributed by atoms with E-state index in [1.807, 2.05) is 32.0 Å². The second-order valence-electron chi connectivity index (χ2n) is 9.09. The Morgan fingerprint density at radius 2 is 1.79 bits per heavy atom. The van der Waals surface area contributed by atoms with Crippen molar-refractivity contribution in [3.05, 3.63) is 102 Å². The molecule has 0 aliphatic rings. The first kappa shape index (κ1) is 23.7. The predicted octanol–water partition coefficient (Wildman–Crippen LogP) is 4.62. The van der Waals surface area contributed by atoms with Crippen molar-refractivity contribution in [2.24, 2.45) is 0 Å². The maximum atomic E-state index is 13.9. The number of aromatic amines is 1. The van der Waals surface area contributed by atoms with Gasteiger partial charge in [-0.1, -0.05) is 42.8 Å². The van der Waals surface area contributed by atoms with Gasteiger partial charge in [0.05, 0.1) is 38.9 Å². The standard InChI is InChI=1S/C28H24N6O3S/c1-3-26-31-22-13-10-19(15-23(22)32-26)33-28(29)21(16-30-33)27(35)25-14-18-6-4-5-7-24(18)34(25)38(36,37)20-11-8-17(2)9-12-20/h4-16H,3,29H2,1-2H3,(H,31,32). The van der Waals surface area contributed by atoms with Gasteiger partial charge in [-0.3, -0.25) is 4.79 Å². The molecule has 0 saturated heterocycles. The highest BCUT2D eigenvalue weighted by molar-refractivity contribution is 7.90. The highest BCUT2D eigenvalue weighted by Gasteiger charge is 2.29. The number of ketones is 1. The summed E-state index contributed by atoms with van der Waals surface area (Å²) in [6.45, 7) is 3.89. The number of imidazole rings is 1. The number of fused-ring (bicyclic) bond motifs is 2. The molecule has 0 spiro atoms. The molecule has 0 atom stereocenters. The Balaban J connectivity index is 1.47. The van der Waals surface area contributed by atoms with Crippen molar-refractivity contribution in [2.45, 2.75) is 25.2 Å². The van der Waals surface area contributed by atoms with E-state index >= 15 is 0 Å². The third-order valence-electron chi connectivity index (χ3n) is 6.60. The average molecular weight is 525 g/mol. The average Bonchev–Trinajstić information content (AvgIpc) is 3.62. The molecule has 3 heterocycles. The first-order valence-electron chi connectivity index (χ1n) is 12.1. The molecule has 3 N–H and O–H groups in total. The molecule has 0 aliphatic heterocycles. The maximum Gasteiger partial charge on any atom is 0.268 e. The van der Waals surface area contributed by atoms with Crippen LogP contribution in [0.4, 0.5) is 5.82 Å². The van der Waals surface area contributed by atoms with E-state index in [1.165, 1.54) is 23.0 Å². The Morgan fingerprint density at radius 3 is 2.55 bits per heavy atom. The smallest absolute Gasteiger partial charge is 0.268 e. The molecule has 3 aromatic carbocycles. The van der Waals surface area contributed by atoms with Crippen LogP contribution in [-0.2, 0) is 16.4 Å². The van der Waals surface area contributed by atoms with Gasteiger partial charge >= 0.3 is 0 Å². The molecular formula is C28H24N6O3S. The summed E-state index contributed by atoms with van der Waals surface area (Å²) in [6, 6.07) is 20.6. The number of aromatic nitrogens is 5. The SMILES string of the molecule is CCc1nc2cc(-n3ncc(C(=O)c4cc5ccccc5n4S(=O)(=O)c4ccc(C)cc4)c3N)ccc2[nH]1. The second-order valence-corrected chi connectivity index (χ2v) is 10.9. The van der Waals surface area contributed by atoms with Crippen LogP contribution in [0.3, 0.4) is 0 Å². The van der Waals surface area contributed by atoms with Crippen molar-refractivity contribution in [1.29, 1.82) is 0 Å². The van der Waals surface area contributed by atoms with Crippen LogP contribution >= 0.6 is 0 Å². The van der Waals surface area contributed by atoms with Crippen LogP contribution < -0.4 is 5.73 Å². The van der Waals surface area contributed by atoms with E-state index in [4.69, 9.17) is 5.73 Å². The molecule has 6 aromatic rings. The van der Waals surface area contributed by atoms with E-state index in [1.54, 1.807) is 42.5 Å². The van der Waals surface area contributed by atoms with Gasteiger partial charge < -0.3 is 10.7 Å². The lowest BCUT2D eigenvalue weighted by molar-refractivity contribution is 0.103. The third-order valence-corrected chi connectivity index (χ3v) is 8.35. The number of carbonyl (C=O) groups excluding carboxylic acids is 1. The molecule has 0 fully saturated rings. The molecular weight excluding hydrogens is 500 g/mol. The molecule has 10 heteroatoms. The third kappa shape index (κ3) is 3.69. The molecule has 0 bridgehead atoms. The summed E-state index contributed by atoms with van der Waals surface area (Å²) in [5.41, 5.74) is 10.1. The highest BCUT2D eigenvalue weighted by atomic mass is 32.2. The fourth-order valence-electron chi connectivity index (χ4n) is 4.59. The fourth-order valence-corrected chi connectivity index (χ4v) is 6.10. The Hall–Kier alpha value is -4.70. The summed E-state index contributed by atoms with van der Waals surface area (Å²) in [5.74, 6) is 0.420. The maximum absolute atomic E-state index is 13.9. The normalized spacial score (nSPS) is 11.9. The van der Waals surface area contributed by atoms with Crippen LogP contribution in [0.5, 0.6) is 0 Å². The van der Waals surface area contributed by atoms with E-state index in [-0.39, 0.29) is 22.0 Å². The number of hydrogen-bond acceptors (Lipinski definition) is 6. The Morgan fingerprint density at radius 1 is 1.03 bits per heavy atom. The number of nitrogens with two attached hydrogens (primary N) is 1. The first-order valence-corrected chi connectivity index (χ1v) is 13.5. The number of hydrogen-bond donors (Lipinski definition) is 2. The van der Waals surface area contributed by atoms with E-state index in [0.29, 0.717) is 16.6 Å². The monoisotopic (exact) mass is 524 g/mol. The van der Waals surface area contributed by atoms with Gasteiger partial charge in [-0.05, 0) is 49.4 Å². The lowest BCUT2D eigenvalue weighted by Gasteiger charge is -2.12. The Kier molecular flexibility index (Phi) is 5.42. The molecule has 3 aromatic heterocycles. The number of nitrogen functional groups attached to an aromatic ring is 1. The van der Waals surface area contributed by atoms with Crippen LogP contribution in [0, 0.1) is 6.92 Å². The molecule has 6 rings (SSSR count). The lowest BCUT2D eigenvalue weighted by Crippen LogP contribution is -2.19. The summed E-state index contributed by atoms with van der Waals surface area (Å²) in [7, 11) is -4.09. The van der Waals surface area contributed by atoms with Crippen molar-refractivity contribution in [3.63, 3.8) is 0 Å². The molecule has 190 valence electrons. The van der Waals surface area contributed by atoms with Gasteiger partial charge in [-0.25, -0.2) is 22.1 Å².